The van der Waals surface area contributed by atoms with Crippen LogP contribution < -0.4 is 0 Å². The Morgan fingerprint density at radius 3 is 1.50 bits per heavy atom. The van der Waals surface area contributed by atoms with Gasteiger partial charge in [-0.15, -0.1) is 0 Å². The van der Waals surface area contributed by atoms with Crippen LogP contribution in [-0.4, -0.2) is 19.1 Å². The van der Waals surface area contributed by atoms with Gasteiger partial charge < -0.3 is 9.13 Å². The highest BCUT2D eigenvalue weighted by atomic mass is 15.1. The van der Waals surface area contributed by atoms with E-state index >= 15 is 0 Å². The Hall–Kier alpha value is -8.31. The molecule has 10 rings (SSSR count). The number of aryl methyl sites for hydroxylation is 2. The quantitative estimate of drug-likeness (QED) is 0.165. The first-order chi connectivity index (χ1) is 28.4. The number of para-hydroxylation sites is 2. The van der Waals surface area contributed by atoms with E-state index in [0.29, 0.717) is 28.3 Å². The maximum atomic E-state index is 9.49. The van der Waals surface area contributed by atoms with Crippen molar-refractivity contribution in [2.75, 3.05) is 0 Å². The second kappa shape index (κ2) is 13.5. The minimum absolute atomic E-state index is 0.444. The largest absolute Gasteiger partial charge is 0.308 e. The van der Waals surface area contributed by atoms with Crippen LogP contribution in [0.5, 0.6) is 0 Å². The average molecular weight is 742 g/mol. The van der Waals surface area contributed by atoms with Crippen LogP contribution in [0, 0.1) is 38.3 Å². The third-order valence-electron chi connectivity index (χ3n) is 10.9. The Kier molecular flexibility index (Phi) is 7.94. The number of rotatable bonds is 5. The van der Waals surface area contributed by atoms with Crippen molar-refractivity contribution in [3.05, 3.63) is 191 Å². The van der Waals surface area contributed by atoms with Gasteiger partial charge in [-0.05, 0) is 90.7 Å². The molecule has 0 fully saturated rings. The first-order valence-electron chi connectivity index (χ1n) is 18.9. The van der Waals surface area contributed by atoms with Crippen LogP contribution >= 0.6 is 0 Å². The molecule has 0 saturated heterocycles. The lowest BCUT2D eigenvalue weighted by atomic mass is 10.0. The van der Waals surface area contributed by atoms with Crippen LogP contribution in [0.3, 0.4) is 0 Å². The van der Waals surface area contributed by atoms with Gasteiger partial charge in [0.15, 0.2) is 11.4 Å². The van der Waals surface area contributed by atoms with E-state index in [1.807, 2.05) is 74.5 Å². The second-order valence-corrected chi connectivity index (χ2v) is 14.5. The summed E-state index contributed by atoms with van der Waals surface area (Å²) < 4.78 is 4.59. The summed E-state index contributed by atoms with van der Waals surface area (Å²) in [5.74, 6) is 0.503. The molecule has 3 aromatic heterocycles. The predicted molar refractivity (Wildman–Crippen MR) is 234 cm³/mol. The Bertz CT molecular complexity index is 3420. The lowest BCUT2D eigenvalue weighted by Crippen LogP contribution is -2.05. The van der Waals surface area contributed by atoms with Gasteiger partial charge in [0, 0.05) is 38.5 Å². The molecule has 58 heavy (non-hydrogen) atoms. The van der Waals surface area contributed by atoms with Gasteiger partial charge in [0.2, 0.25) is 0 Å². The number of hydrogen-bond acceptors (Lipinski definition) is 3. The van der Waals surface area contributed by atoms with Crippen molar-refractivity contribution in [1.29, 1.82) is 5.26 Å². The molecule has 0 amide bonds. The normalized spacial score (nSPS) is 11.2. The smallest absolute Gasteiger partial charge is 0.200 e. The van der Waals surface area contributed by atoms with E-state index in [1.165, 1.54) is 0 Å². The van der Waals surface area contributed by atoms with E-state index in [-0.39, 0.29) is 0 Å². The monoisotopic (exact) mass is 741 g/mol. The van der Waals surface area contributed by atoms with Gasteiger partial charge in [0.1, 0.15) is 5.82 Å². The van der Waals surface area contributed by atoms with E-state index in [4.69, 9.17) is 23.1 Å². The molecule has 0 N–H and O–H groups in total. The Morgan fingerprint density at radius 1 is 0.500 bits per heavy atom. The van der Waals surface area contributed by atoms with Gasteiger partial charge >= 0.3 is 0 Å². The van der Waals surface area contributed by atoms with Crippen molar-refractivity contribution in [2.45, 2.75) is 13.8 Å². The van der Waals surface area contributed by atoms with E-state index in [0.717, 1.165) is 88.6 Å². The molecule has 0 aliphatic rings. The average Bonchev–Trinajstić information content (AvgIpc) is 3.77. The van der Waals surface area contributed by atoms with Gasteiger partial charge in [-0.2, -0.15) is 5.26 Å². The van der Waals surface area contributed by atoms with E-state index in [1.54, 1.807) is 0 Å². The molecule has 7 nitrogen and oxygen atoms in total. The first-order valence-corrected chi connectivity index (χ1v) is 18.9. The number of nitrogens with zero attached hydrogens (tertiary/aromatic N) is 7. The highest BCUT2D eigenvalue weighted by molar-refractivity contribution is 6.13. The molecule has 0 atom stereocenters. The lowest BCUT2D eigenvalue weighted by molar-refractivity contribution is 1.06. The summed E-state index contributed by atoms with van der Waals surface area (Å²) in [4.78, 5) is 17.5. The van der Waals surface area contributed by atoms with Crippen molar-refractivity contribution in [1.82, 2.24) is 19.1 Å². The molecule has 7 heteroatoms. The van der Waals surface area contributed by atoms with Crippen LogP contribution in [-0.2, 0) is 0 Å². The van der Waals surface area contributed by atoms with Crippen molar-refractivity contribution in [2.24, 2.45) is 0 Å². The molecule has 0 radical (unpaired) electrons. The van der Waals surface area contributed by atoms with Crippen LogP contribution in [0.15, 0.2) is 152 Å². The minimum Gasteiger partial charge on any atom is -0.308 e. The standard InChI is InChI=1S/C51H31N7/c1-31-25-32(2)56-51(55-31)43-28-49(57-45-11-7-5-9-39(45)41-23-19-36(26-47(41)57)34-15-13-33(30-52)14-16-34)50(29-44(43)54-4)58-46-12-8-6-10-40(46)42-24-20-37(27-48(42)58)35-17-21-38(53-3)22-18-35/h5-29H,1-2H3. The Morgan fingerprint density at radius 2 is 0.983 bits per heavy atom. The summed E-state index contributed by atoms with van der Waals surface area (Å²) in [6, 6.07) is 53.5. The van der Waals surface area contributed by atoms with E-state index < -0.39 is 0 Å². The van der Waals surface area contributed by atoms with Crippen molar-refractivity contribution in [3.8, 4) is 51.1 Å². The third kappa shape index (κ3) is 5.48. The fourth-order valence-corrected chi connectivity index (χ4v) is 8.33. The molecule has 0 bridgehead atoms. The summed E-state index contributed by atoms with van der Waals surface area (Å²) in [7, 11) is 0. The molecule has 0 spiro atoms. The molecule has 0 aliphatic heterocycles. The highest BCUT2D eigenvalue weighted by Crippen LogP contribution is 2.44. The summed E-state index contributed by atoms with van der Waals surface area (Å²) in [5.41, 5.74) is 13.7. The Balaban J connectivity index is 1.34. The second-order valence-electron chi connectivity index (χ2n) is 14.5. The van der Waals surface area contributed by atoms with Crippen LogP contribution in [0.25, 0.3) is 98.3 Å². The zero-order valence-corrected chi connectivity index (χ0v) is 31.6. The highest BCUT2D eigenvalue weighted by Gasteiger charge is 2.23. The molecular formula is C51H31N7. The SMILES string of the molecule is [C-]#[N+]c1ccc(-c2ccc3c4ccccc4n(-c4cc([N+]#[C-])c(-c5nc(C)cc(C)n5)cc4-n4c5ccccc5c5ccc(-c6ccc(C#N)cc6)cc54)c3c2)cc1. The van der Waals surface area contributed by atoms with Crippen LogP contribution in [0.2, 0.25) is 0 Å². The minimum atomic E-state index is 0.444. The van der Waals surface area contributed by atoms with E-state index in [2.05, 4.69) is 116 Å². The van der Waals surface area contributed by atoms with Gasteiger partial charge in [0.25, 0.3) is 0 Å². The van der Waals surface area contributed by atoms with Gasteiger partial charge in [-0.3, -0.25) is 0 Å². The molecule has 0 saturated carbocycles. The fourth-order valence-electron chi connectivity index (χ4n) is 8.33. The van der Waals surface area contributed by atoms with Crippen LogP contribution in [0.4, 0.5) is 11.4 Å². The van der Waals surface area contributed by atoms with Gasteiger partial charge in [-0.1, -0.05) is 97.1 Å². The van der Waals surface area contributed by atoms with Gasteiger partial charge in [0.05, 0.1) is 58.2 Å². The molecule has 0 unspecified atom stereocenters. The summed E-state index contributed by atoms with van der Waals surface area (Å²) in [5, 5.41) is 13.9. The number of hydrogen-bond donors (Lipinski definition) is 0. The summed E-state index contributed by atoms with van der Waals surface area (Å²) in [6.07, 6.45) is 0. The number of nitriles is 1. The molecule has 270 valence electrons. The van der Waals surface area contributed by atoms with Crippen molar-refractivity contribution in [3.63, 3.8) is 0 Å². The topological polar surface area (TPSA) is 68.2 Å². The number of fused-ring (bicyclic) bond motifs is 6. The molecule has 3 heterocycles. The maximum absolute atomic E-state index is 9.49. The van der Waals surface area contributed by atoms with Crippen molar-refractivity contribution < 1.29 is 0 Å². The third-order valence-corrected chi connectivity index (χ3v) is 10.9. The van der Waals surface area contributed by atoms with Crippen molar-refractivity contribution >= 4 is 55.0 Å². The lowest BCUT2D eigenvalue weighted by Gasteiger charge is -2.20. The first kappa shape index (κ1) is 34.2. The molecule has 7 aromatic carbocycles. The Labute approximate surface area is 334 Å². The zero-order valence-electron chi connectivity index (χ0n) is 31.6. The predicted octanol–water partition coefficient (Wildman–Crippen LogP) is 13.3. The van der Waals surface area contributed by atoms with Crippen LogP contribution in [0.1, 0.15) is 17.0 Å². The molecular weight excluding hydrogens is 711 g/mol. The van der Waals surface area contributed by atoms with E-state index in [9.17, 15) is 5.26 Å². The zero-order chi connectivity index (χ0) is 39.5. The summed E-state index contributed by atoms with van der Waals surface area (Å²) >= 11 is 0. The summed E-state index contributed by atoms with van der Waals surface area (Å²) in [6.45, 7) is 19.9. The fraction of sp³-hybridized carbons (Fsp3) is 0.0392. The maximum Gasteiger partial charge on any atom is 0.200 e. The number of benzene rings is 7. The molecule has 0 aliphatic carbocycles. The number of aromatic nitrogens is 4. The van der Waals surface area contributed by atoms with Gasteiger partial charge in [-0.25, -0.2) is 19.7 Å². The molecule has 10 aromatic rings.